The van der Waals surface area contributed by atoms with Gasteiger partial charge in [0.1, 0.15) is 5.75 Å². The lowest BCUT2D eigenvalue weighted by Gasteiger charge is -2.15. The zero-order valence-corrected chi connectivity index (χ0v) is 12.6. The molecule has 2 nitrogen and oxygen atoms in total. The molecule has 0 spiro atoms. The summed E-state index contributed by atoms with van der Waals surface area (Å²) in [5, 5.41) is 9.64. The monoisotopic (exact) mass is 262 g/mol. The Hall–Kier alpha value is -1.28. The van der Waals surface area contributed by atoms with Crippen LogP contribution < -0.4 is 4.74 Å². The Morgan fingerprint density at radius 3 is 2.63 bits per heavy atom. The van der Waals surface area contributed by atoms with Crippen LogP contribution in [0.2, 0.25) is 0 Å². The van der Waals surface area contributed by atoms with E-state index >= 15 is 0 Å². The van der Waals surface area contributed by atoms with Crippen molar-refractivity contribution in [1.82, 2.24) is 0 Å². The van der Waals surface area contributed by atoms with Gasteiger partial charge in [0.05, 0.1) is 12.7 Å². The highest BCUT2D eigenvalue weighted by atomic mass is 16.5. The van der Waals surface area contributed by atoms with Gasteiger partial charge < -0.3 is 9.84 Å². The van der Waals surface area contributed by atoms with Crippen molar-refractivity contribution in [1.29, 1.82) is 0 Å². The normalized spacial score (nSPS) is 12.1. The second-order valence-corrected chi connectivity index (χ2v) is 5.54. The molecular weight excluding hydrogens is 236 g/mol. The number of hydrogen-bond acceptors (Lipinski definition) is 2. The number of allylic oxidation sites excluding steroid dienone is 1. The van der Waals surface area contributed by atoms with Crippen molar-refractivity contribution in [3.05, 3.63) is 35.4 Å². The second-order valence-electron chi connectivity index (χ2n) is 5.54. The van der Waals surface area contributed by atoms with Gasteiger partial charge >= 0.3 is 0 Å². The number of methoxy groups -OCH3 is 1. The fourth-order valence-electron chi connectivity index (χ4n) is 2.00. The lowest BCUT2D eigenvalue weighted by Crippen LogP contribution is -2.17. The number of aliphatic hydroxyl groups is 1. The number of aryl methyl sites for hydroxylation is 1. The Balaban J connectivity index is 2.60. The van der Waals surface area contributed by atoms with Crippen LogP contribution in [-0.4, -0.2) is 17.8 Å². The molecule has 0 amide bonds. The molecule has 1 rings (SSSR count). The highest BCUT2D eigenvalue weighted by molar-refractivity contribution is 5.58. The van der Waals surface area contributed by atoms with E-state index < -0.39 is 5.60 Å². The molecule has 0 saturated heterocycles. The van der Waals surface area contributed by atoms with Crippen molar-refractivity contribution < 1.29 is 9.84 Å². The Labute approximate surface area is 117 Å². The number of benzene rings is 1. The molecule has 0 fully saturated rings. The second kappa shape index (κ2) is 7.34. The molecule has 19 heavy (non-hydrogen) atoms. The van der Waals surface area contributed by atoms with Crippen LogP contribution in [0.25, 0.3) is 6.08 Å². The predicted molar refractivity (Wildman–Crippen MR) is 81.6 cm³/mol. The first-order valence-corrected chi connectivity index (χ1v) is 7.02. The van der Waals surface area contributed by atoms with Crippen LogP contribution in [0, 0.1) is 0 Å². The fraction of sp³-hybridized carbons (Fsp3) is 0.529. The maximum atomic E-state index is 9.64. The van der Waals surface area contributed by atoms with Crippen LogP contribution in [0.4, 0.5) is 0 Å². The van der Waals surface area contributed by atoms with E-state index in [0.29, 0.717) is 0 Å². The van der Waals surface area contributed by atoms with Gasteiger partial charge in [-0.1, -0.05) is 25.1 Å². The molecule has 106 valence electrons. The van der Waals surface area contributed by atoms with Gasteiger partial charge in [-0.25, -0.2) is 0 Å². The minimum Gasteiger partial charge on any atom is -0.496 e. The van der Waals surface area contributed by atoms with Gasteiger partial charge in [0.15, 0.2) is 0 Å². The van der Waals surface area contributed by atoms with E-state index in [0.717, 1.165) is 37.0 Å². The van der Waals surface area contributed by atoms with Crippen molar-refractivity contribution in [2.24, 2.45) is 0 Å². The Kier molecular flexibility index (Phi) is 6.10. The third-order valence-corrected chi connectivity index (χ3v) is 3.16. The molecule has 0 aliphatic carbocycles. The average molecular weight is 262 g/mol. The maximum Gasteiger partial charge on any atom is 0.126 e. The molecule has 0 heterocycles. The van der Waals surface area contributed by atoms with Gasteiger partial charge in [-0.15, -0.1) is 0 Å². The molecule has 0 atom stereocenters. The van der Waals surface area contributed by atoms with E-state index in [-0.39, 0.29) is 0 Å². The molecule has 0 aromatic heterocycles. The highest BCUT2D eigenvalue weighted by Crippen LogP contribution is 2.22. The molecule has 1 aromatic carbocycles. The number of unbranched alkanes of at least 4 members (excludes halogenated alkanes) is 1. The zero-order chi connectivity index (χ0) is 14.3. The van der Waals surface area contributed by atoms with E-state index in [9.17, 15) is 5.11 Å². The summed E-state index contributed by atoms with van der Waals surface area (Å²) < 4.78 is 5.36. The van der Waals surface area contributed by atoms with Crippen molar-refractivity contribution in [2.75, 3.05) is 7.11 Å². The van der Waals surface area contributed by atoms with Crippen LogP contribution in [-0.2, 0) is 6.42 Å². The molecule has 1 N–H and O–H groups in total. The van der Waals surface area contributed by atoms with Crippen molar-refractivity contribution >= 4 is 6.08 Å². The summed E-state index contributed by atoms with van der Waals surface area (Å²) in [5.74, 6) is 0.913. The third kappa shape index (κ3) is 5.93. The minimum absolute atomic E-state index is 0.562. The van der Waals surface area contributed by atoms with Gasteiger partial charge in [-0.05, 0) is 57.2 Å². The van der Waals surface area contributed by atoms with Crippen LogP contribution in [0.15, 0.2) is 24.3 Å². The van der Waals surface area contributed by atoms with Gasteiger partial charge in [-0.3, -0.25) is 0 Å². The Morgan fingerprint density at radius 1 is 1.32 bits per heavy atom. The van der Waals surface area contributed by atoms with E-state index in [1.54, 1.807) is 7.11 Å². The van der Waals surface area contributed by atoms with Crippen molar-refractivity contribution in [3.63, 3.8) is 0 Å². The topological polar surface area (TPSA) is 29.5 Å². The smallest absolute Gasteiger partial charge is 0.126 e. The number of ether oxygens (including phenoxy) is 1. The molecule has 0 bridgehead atoms. The Bertz CT molecular complexity index is 414. The lowest BCUT2D eigenvalue weighted by atomic mass is 10.0. The fourth-order valence-corrected chi connectivity index (χ4v) is 2.00. The van der Waals surface area contributed by atoms with Crippen LogP contribution >= 0.6 is 0 Å². The SMILES string of the molecule is CCc1ccc(OC)c(/C=C/CCCC(C)(C)O)c1. The summed E-state index contributed by atoms with van der Waals surface area (Å²) in [5.41, 5.74) is 1.88. The van der Waals surface area contributed by atoms with Gasteiger partial charge in [-0.2, -0.15) is 0 Å². The third-order valence-electron chi connectivity index (χ3n) is 3.16. The van der Waals surface area contributed by atoms with E-state index in [2.05, 4.69) is 31.2 Å². The molecule has 0 saturated carbocycles. The molecule has 0 unspecified atom stereocenters. The standard InChI is InChI=1S/C17H26O2/c1-5-14-10-11-16(19-4)15(13-14)9-7-6-8-12-17(2,3)18/h7,9-11,13,18H,5-6,8,12H2,1-4H3/b9-7+. The number of rotatable bonds is 7. The molecule has 2 heteroatoms. The number of hydrogen-bond donors (Lipinski definition) is 1. The summed E-state index contributed by atoms with van der Waals surface area (Å²) >= 11 is 0. The van der Waals surface area contributed by atoms with Gasteiger partial charge in [0.2, 0.25) is 0 Å². The summed E-state index contributed by atoms with van der Waals surface area (Å²) in [6, 6.07) is 6.30. The van der Waals surface area contributed by atoms with Crippen LogP contribution in [0.1, 0.15) is 51.2 Å². The van der Waals surface area contributed by atoms with Crippen LogP contribution in [0.3, 0.4) is 0 Å². The minimum atomic E-state index is -0.562. The molecular formula is C17H26O2. The first-order chi connectivity index (χ1) is 8.96. The first kappa shape index (κ1) is 15.8. The molecule has 1 aromatic rings. The van der Waals surface area contributed by atoms with Gasteiger partial charge in [0.25, 0.3) is 0 Å². The first-order valence-electron chi connectivity index (χ1n) is 7.02. The summed E-state index contributed by atoms with van der Waals surface area (Å²) in [6.45, 7) is 5.85. The lowest BCUT2D eigenvalue weighted by molar-refractivity contribution is 0.0691. The molecule has 0 radical (unpaired) electrons. The molecule has 0 aliphatic heterocycles. The predicted octanol–water partition coefficient (Wildman–Crippen LogP) is 4.21. The maximum absolute atomic E-state index is 9.64. The van der Waals surface area contributed by atoms with E-state index in [4.69, 9.17) is 4.74 Å². The summed E-state index contributed by atoms with van der Waals surface area (Å²) in [4.78, 5) is 0. The van der Waals surface area contributed by atoms with Crippen LogP contribution in [0.5, 0.6) is 5.75 Å². The largest absolute Gasteiger partial charge is 0.496 e. The summed E-state index contributed by atoms with van der Waals surface area (Å²) in [7, 11) is 1.70. The quantitative estimate of drug-likeness (QED) is 0.746. The Morgan fingerprint density at radius 2 is 2.05 bits per heavy atom. The van der Waals surface area contributed by atoms with E-state index in [1.807, 2.05) is 19.9 Å². The molecule has 0 aliphatic rings. The van der Waals surface area contributed by atoms with Gasteiger partial charge in [0, 0.05) is 5.56 Å². The average Bonchev–Trinajstić information content (AvgIpc) is 2.36. The van der Waals surface area contributed by atoms with Crippen molar-refractivity contribution in [3.8, 4) is 5.75 Å². The van der Waals surface area contributed by atoms with E-state index in [1.165, 1.54) is 5.56 Å². The van der Waals surface area contributed by atoms with Crippen molar-refractivity contribution in [2.45, 2.75) is 52.1 Å². The summed E-state index contributed by atoms with van der Waals surface area (Å²) in [6.07, 6.45) is 8.09. The zero-order valence-electron chi connectivity index (χ0n) is 12.6. The highest BCUT2D eigenvalue weighted by Gasteiger charge is 2.10.